The molecule has 0 aliphatic heterocycles. The molecule has 2 aromatic rings. The van der Waals surface area contributed by atoms with Gasteiger partial charge >= 0.3 is 6.01 Å². The highest BCUT2D eigenvalue weighted by atomic mass is 16.5. The van der Waals surface area contributed by atoms with Crippen LogP contribution in [0.5, 0.6) is 0 Å². The lowest BCUT2D eigenvalue weighted by atomic mass is 10.1. The lowest BCUT2D eigenvalue weighted by Crippen LogP contribution is -2.15. The quantitative estimate of drug-likeness (QED) is 0.555. The van der Waals surface area contributed by atoms with Gasteiger partial charge in [0.25, 0.3) is 5.91 Å². The molecule has 0 radical (unpaired) electrons. The number of rotatable bonds is 5. The number of hydrazine groups is 1. The van der Waals surface area contributed by atoms with Crippen molar-refractivity contribution in [1.29, 1.82) is 0 Å². The number of anilines is 2. The smallest absolute Gasteiger partial charge is 0.315 e. The molecule has 2 aromatic heterocycles. The number of hydrogen-bond donors (Lipinski definition) is 3. The summed E-state index contributed by atoms with van der Waals surface area (Å²) in [7, 11) is 0. The third-order valence-electron chi connectivity index (χ3n) is 2.54. The molecule has 0 aromatic carbocycles. The van der Waals surface area contributed by atoms with Gasteiger partial charge in [-0.1, -0.05) is 18.5 Å². The number of aryl methyl sites for hydroxylation is 2. The molecule has 0 unspecified atom stereocenters. The summed E-state index contributed by atoms with van der Waals surface area (Å²) in [4.78, 5) is 20.3. The van der Waals surface area contributed by atoms with E-state index in [-0.39, 0.29) is 11.9 Å². The molecule has 106 valence electrons. The summed E-state index contributed by atoms with van der Waals surface area (Å²) in [5, 5.41) is 6.12. The minimum Gasteiger partial charge on any atom is -0.315 e. The summed E-state index contributed by atoms with van der Waals surface area (Å²) in [6, 6.07) is 3.32. The molecule has 0 atom stereocenters. The lowest BCUT2D eigenvalue weighted by molar-refractivity contribution is 0.102. The number of carbonyl (C=O) groups excluding carboxylic acids is 1. The molecule has 0 fully saturated rings. The monoisotopic (exact) mass is 276 g/mol. The second-order valence-electron chi connectivity index (χ2n) is 4.23. The Morgan fingerprint density at radius 1 is 1.40 bits per heavy atom. The second kappa shape index (κ2) is 6.11. The third kappa shape index (κ3) is 3.29. The van der Waals surface area contributed by atoms with Gasteiger partial charge in [0, 0.05) is 11.3 Å². The fourth-order valence-corrected chi connectivity index (χ4v) is 1.69. The van der Waals surface area contributed by atoms with Crippen LogP contribution in [0.4, 0.5) is 11.8 Å². The Morgan fingerprint density at radius 2 is 2.20 bits per heavy atom. The van der Waals surface area contributed by atoms with E-state index in [9.17, 15) is 4.79 Å². The number of pyridine rings is 1. The van der Waals surface area contributed by atoms with Gasteiger partial charge in [0.1, 0.15) is 5.82 Å². The van der Waals surface area contributed by atoms with Crippen LogP contribution in [0.25, 0.3) is 0 Å². The van der Waals surface area contributed by atoms with E-state index in [1.807, 2.05) is 6.92 Å². The number of nitrogens with zero attached hydrogens (tertiary/aromatic N) is 3. The number of nitrogen functional groups attached to an aromatic ring is 1. The first-order valence-corrected chi connectivity index (χ1v) is 6.21. The average Bonchev–Trinajstić information content (AvgIpc) is 2.84. The standard InChI is InChI=1S/C12H16N6O2/c1-3-4-9-5-8(6-10(15-9)17-13)11(19)16-12-14-7(2)18-20-12/h5-6H,3-4,13H2,1-2H3,(H,15,17)(H,14,16,18,19). The van der Waals surface area contributed by atoms with Crippen LogP contribution < -0.4 is 16.6 Å². The molecule has 0 aliphatic rings. The highest BCUT2D eigenvalue weighted by Crippen LogP contribution is 2.13. The Balaban J connectivity index is 2.21. The van der Waals surface area contributed by atoms with Crippen molar-refractivity contribution in [2.75, 3.05) is 10.7 Å². The van der Waals surface area contributed by atoms with Crippen LogP contribution in [-0.4, -0.2) is 21.0 Å². The molecule has 1 amide bonds. The molecule has 4 N–H and O–H groups in total. The van der Waals surface area contributed by atoms with Crippen molar-refractivity contribution in [2.24, 2.45) is 5.84 Å². The summed E-state index contributed by atoms with van der Waals surface area (Å²) >= 11 is 0. The minimum absolute atomic E-state index is 0.0589. The van der Waals surface area contributed by atoms with Gasteiger partial charge in [-0.15, -0.1) is 0 Å². The zero-order chi connectivity index (χ0) is 14.5. The summed E-state index contributed by atoms with van der Waals surface area (Å²) < 4.78 is 4.84. The molecule has 2 rings (SSSR count). The van der Waals surface area contributed by atoms with Gasteiger partial charge in [-0.25, -0.2) is 10.8 Å². The second-order valence-corrected chi connectivity index (χ2v) is 4.23. The molecule has 20 heavy (non-hydrogen) atoms. The van der Waals surface area contributed by atoms with E-state index >= 15 is 0 Å². The lowest BCUT2D eigenvalue weighted by Gasteiger charge is -2.07. The maximum Gasteiger partial charge on any atom is 0.328 e. The zero-order valence-corrected chi connectivity index (χ0v) is 11.3. The van der Waals surface area contributed by atoms with Crippen molar-refractivity contribution in [3.05, 3.63) is 29.2 Å². The molecular formula is C12H16N6O2. The molecule has 0 aliphatic carbocycles. The van der Waals surface area contributed by atoms with Gasteiger partial charge in [-0.05, 0) is 25.5 Å². The maximum absolute atomic E-state index is 12.1. The van der Waals surface area contributed by atoms with Crippen LogP contribution in [0.15, 0.2) is 16.7 Å². The number of amides is 1. The summed E-state index contributed by atoms with van der Waals surface area (Å²) in [5.74, 6) is 5.88. The van der Waals surface area contributed by atoms with Gasteiger partial charge in [0.2, 0.25) is 0 Å². The molecule has 0 saturated heterocycles. The van der Waals surface area contributed by atoms with Crippen molar-refractivity contribution in [3.8, 4) is 0 Å². The third-order valence-corrected chi connectivity index (χ3v) is 2.54. The molecule has 8 nitrogen and oxygen atoms in total. The van der Waals surface area contributed by atoms with E-state index < -0.39 is 0 Å². The van der Waals surface area contributed by atoms with Crippen molar-refractivity contribution in [3.63, 3.8) is 0 Å². The predicted octanol–water partition coefficient (Wildman–Crippen LogP) is 1.26. The van der Waals surface area contributed by atoms with Crippen molar-refractivity contribution < 1.29 is 9.32 Å². The topological polar surface area (TPSA) is 119 Å². The highest BCUT2D eigenvalue weighted by molar-refractivity contribution is 6.03. The number of aromatic nitrogens is 3. The Hall–Kier alpha value is -2.48. The molecule has 2 heterocycles. The number of carbonyl (C=O) groups is 1. The van der Waals surface area contributed by atoms with Gasteiger partial charge in [-0.3, -0.25) is 10.1 Å². The van der Waals surface area contributed by atoms with Crippen LogP contribution in [0.1, 0.15) is 35.2 Å². The fraction of sp³-hybridized carbons (Fsp3) is 0.333. The summed E-state index contributed by atoms with van der Waals surface area (Å²) in [5.41, 5.74) is 3.66. The Kier molecular flexibility index (Phi) is 4.26. The number of nitrogens with two attached hydrogens (primary N) is 1. The minimum atomic E-state index is -0.357. The van der Waals surface area contributed by atoms with E-state index in [1.54, 1.807) is 19.1 Å². The first-order chi connectivity index (χ1) is 9.62. The van der Waals surface area contributed by atoms with Gasteiger partial charge in [0.05, 0.1) is 0 Å². The van der Waals surface area contributed by atoms with Crippen molar-refractivity contribution in [2.45, 2.75) is 26.7 Å². The van der Waals surface area contributed by atoms with Crippen LogP contribution in [0.3, 0.4) is 0 Å². The Labute approximate surface area is 115 Å². The Bertz CT molecular complexity index is 610. The van der Waals surface area contributed by atoms with E-state index in [0.717, 1.165) is 18.5 Å². The maximum atomic E-state index is 12.1. The van der Waals surface area contributed by atoms with Gasteiger partial charge in [0.15, 0.2) is 5.82 Å². The number of nitrogens with one attached hydrogen (secondary N) is 2. The number of hydrogen-bond acceptors (Lipinski definition) is 7. The average molecular weight is 276 g/mol. The normalized spacial score (nSPS) is 10.3. The van der Waals surface area contributed by atoms with E-state index in [1.165, 1.54) is 0 Å². The van der Waals surface area contributed by atoms with E-state index in [0.29, 0.717) is 17.2 Å². The first kappa shape index (κ1) is 13.9. The fourth-order valence-electron chi connectivity index (χ4n) is 1.69. The molecule has 8 heteroatoms. The summed E-state index contributed by atoms with van der Waals surface area (Å²) in [6.45, 7) is 3.70. The largest absolute Gasteiger partial charge is 0.328 e. The first-order valence-electron chi connectivity index (χ1n) is 6.21. The predicted molar refractivity (Wildman–Crippen MR) is 73.0 cm³/mol. The molecule has 0 spiro atoms. The van der Waals surface area contributed by atoms with Gasteiger partial charge in [-0.2, -0.15) is 4.98 Å². The molecule has 0 saturated carbocycles. The van der Waals surface area contributed by atoms with E-state index in [4.69, 9.17) is 10.4 Å². The van der Waals surface area contributed by atoms with Crippen LogP contribution in [0, 0.1) is 6.92 Å². The van der Waals surface area contributed by atoms with Crippen molar-refractivity contribution in [1.82, 2.24) is 15.1 Å². The molecular weight excluding hydrogens is 260 g/mol. The van der Waals surface area contributed by atoms with Crippen LogP contribution in [0.2, 0.25) is 0 Å². The van der Waals surface area contributed by atoms with Crippen molar-refractivity contribution >= 4 is 17.7 Å². The van der Waals surface area contributed by atoms with Crippen LogP contribution >= 0.6 is 0 Å². The SMILES string of the molecule is CCCc1cc(C(=O)Nc2nc(C)no2)cc(NN)n1. The summed E-state index contributed by atoms with van der Waals surface area (Å²) in [6.07, 6.45) is 1.68. The molecule has 0 bridgehead atoms. The van der Waals surface area contributed by atoms with Gasteiger partial charge < -0.3 is 9.95 Å². The highest BCUT2D eigenvalue weighted by Gasteiger charge is 2.13. The van der Waals surface area contributed by atoms with E-state index in [2.05, 4.69) is 25.9 Å². The zero-order valence-electron chi connectivity index (χ0n) is 11.3. The Morgan fingerprint density at radius 3 is 2.80 bits per heavy atom. The van der Waals surface area contributed by atoms with Crippen LogP contribution in [-0.2, 0) is 6.42 Å².